The smallest absolute Gasteiger partial charge is 0.246 e. The first-order valence-corrected chi connectivity index (χ1v) is 10.3. The van der Waals surface area contributed by atoms with Crippen LogP contribution in [0.25, 0.3) is 5.82 Å². The predicted molar refractivity (Wildman–Crippen MR) is 101 cm³/mol. The number of hydrogen-bond donors (Lipinski definition) is 0. The number of benzene rings is 1. The molecule has 0 bridgehead atoms. The number of hydrogen-bond acceptors (Lipinski definition) is 6. The molecule has 0 unspecified atom stereocenters. The van der Waals surface area contributed by atoms with Crippen LogP contribution in [0, 0.1) is 18.6 Å². The lowest BCUT2D eigenvalue weighted by molar-refractivity contribution is 0.380. The minimum atomic E-state index is -4.12. The molecule has 1 fully saturated rings. The first-order valence-electron chi connectivity index (χ1n) is 8.90. The largest absolute Gasteiger partial charge is 0.352 e. The molecule has 4 rings (SSSR count). The second kappa shape index (κ2) is 7.48. The molecular formula is C18H18F2N6O2S. The summed E-state index contributed by atoms with van der Waals surface area (Å²) in [6.45, 7) is 2.82. The van der Waals surface area contributed by atoms with Crippen molar-refractivity contribution in [2.75, 3.05) is 31.1 Å². The van der Waals surface area contributed by atoms with Gasteiger partial charge >= 0.3 is 0 Å². The van der Waals surface area contributed by atoms with E-state index in [1.165, 1.54) is 0 Å². The Hall–Kier alpha value is -2.92. The number of anilines is 1. The van der Waals surface area contributed by atoms with Gasteiger partial charge in [0.05, 0.1) is 0 Å². The van der Waals surface area contributed by atoms with Crippen molar-refractivity contribution in [1.82, 2.24) is 24.1 Å². The number of imidazole rings is 1. The van der Waals surface area contributed by atoms with Crippen molar-refractivity contribution in [3.63, 3.8) is 0 Å². The third kappa shape index (κ3) is 3.70. The van der Waals surface area contributed by atoms with Crippen LogP contribution in [0.2, 0.25) is 0 Å². The topological polar surface area (TPSA) is 84.2 Å². The van der Waals surface area contributed by atoms with Gasteiger partial charge in [-0.3, -0.25) is 4.57 Å². The molecule has 1 saturated heterocycles. The van der Waals surface area contributed by atoms with Crippen LogP contribution < -0.4 is 4.90 Å². The fourth-order valence-electron chi connectivity index (χ4n) is 3.21. The summed E-state index contributed by atoms with van der Waals surface area (Å²) >= 11 is 0. The lowest BCUT2D eigenvalue weighted by atomic mass is 10.3. The number of rotatable bonds is 4. The first kappa shape index (κ1) is 19.4. The zero-order valence-corrected chi connectivity index (χ0v) is 16.4. The van der Waals surface area contributed by atoms with Crippen molar-refractivity contribution >= 4 is 15.8 Å². The van der Waals surface area contributed by atoms with E-state index in [1.54, 1.807) is 23.0 Å². The van der Waals surface area contributed by atoms with Gasteiger partial charge in [-0.05, 0) is 37.3 Å². The van der Waals surface area contributed by atoms with E-state index in [0.717, 1.165) is 22.3 Å². The summed E-state index contributed by atoms with van der Waals surface area (Å²) in [5, 5.41) is 8.42. The maximum absolute atomic E-state index is 13.9. The maximum Gasteiger partial charge on any atom is 0.246 e. The van der Waals surface area contributed by atoms with Crippen molar-refractivity contribution in [2.24, 2.45) is 0 Å². The molecule has 1 aliphatic rings. The molecule has 0 radical (unpaired) electrons. The van der Waals surface area contributed by atoms with E-state index >= 15 is 0 Å². The molecule has 0 N–H and O–H groups in total. The van der Waals surface area contributed by atoms with Gasteiger partial charge in [0.25, 0.3) is 0 Å². The van der Waals surface area contributed by atoms with Crippen LogP contribution in [-0.4, -0.2) is 58.7 Å². The predicted octanol–water partition coefficient (Wildman–Crippen LogP) is 1.76. The summed E-state index contributed by atoms with van der Waals surface area (Å²) in [5.41, 5.74) is 0. The number of aromatic nitrogens is 4. The average Bonchev–Trinajstić information content (AvgIpc) is 3.16. The number of piperazine rings is 1. The van der Waals surface area contributed by atoms with Crippen molar-refractivity contribution < 1.29 is 17.2 Å². The number of aryl methyl sites for hydroxylation is 1. The molecular weight excluding hydrogens is 402 g/mol. The van der Waals surface area contributed by atoms with Crippen LogP contribution in [0.1, 0.15) is 5.82 Å². The third-order valence-electron chi connectivity index (χ3n) is 4.78. The van der Waals surface area contributed by atoms with Crippen molar-refractivity contribution in [3.05, 3.63) is 60.2 Å². The summed E-state index contributed by atoms with van der Waals surface area (Å²) < 4.78 is 55.6. The molecule has 1 aliphatic heterocycles. The van der Waals surface area contributed by atoms with Gasteiger partial charge in [-0.1, -0.05) is 0 Å². The summed E-state index contributed by atoms with van der Waals surface area (Å²) in [6.07, 6.45) is 3.46. The first-order chi connectivity index (χ1) is 13.9. The van der Waals surface area contributed by atoms with Crippen LogP contribution in [0.4, 0.5) is 14.6 Å². The molecule has 3 heterocycles. The highest BCUT2D eigenvalue weighted by atomic mass is 32.2. The Morgan fingerprint density at radius 1 is 0.966 bits per heavy atom. The summed E-state index contributed by atoms with van der Waals surface area (Å²) in [4.78, 5) is 5.39. The van der Waals surface area contributed by atoms with Gasteiger partial charge in [-0.15, -0.1) is 10.2 Å². The van der Waals surface area contributed by atoms with Crippen LogP contribution in [-0.2, 0) is 10.0 Å². The van der Waals surface area contributed by atoms with Gasteiger partial charge < -0.3 is 4.90 Å². The minimum absolute atomic E-state index is 0.127. The van der Waals surface area contributed by atoms with E-state index in [2.05, 4.69) is 15.2 Å². The highest BCUT2D eigenvalue weighted by Crippen LogP contribution is 2.23. The van der Waals surface area contributed by atoms with Crippen LogP contribution in [0.15, 0.2) is 47.6 Å². The van der Waals surface area contributed by atoms with Gasteiger partial charge in [-0.2, -0.15) is 4.31 Å². The number of nitrogens with zero attached hydrogens (tertiary/aromatic N) is 6. The van der Waals surface area contributed by atoms with E-state index in [9.17, 15) is 17.2 Å². The molecule has 152 valence electrons. The third-order valence-corrected chi connectivity index (χ3v) is 6.70. The molecule has 0 spiro atoms. The van der Waals surface area contributed by atoms with E-state index in [1.807, 2.05) is 17.9 Å². The Labute approximate surface area is 166 Å². The zero-order chi connectivity index (χ0) is 20.6. The molecule has 0 atom stereocenters. The van der Waals surface area contributed by atoms with Gasteiger partial charge in [-0.25, -0.2) is 22.2 Å². The minimum Gasteiger partial charge on any atom is -0.352 e. The zero-order valence-electron chi connectivity index (χ0n) is 15.5. The molecule has 11 heteroatoms. The lowest BCUT2D eigenvalue weighted by Gasteiger charge is -2.34. The quantitative estimate of drug-likeness (QED) is 0.640. The van der Waals surface area contributed by atoms with E-state index in [-0.39, 0.29) is 13.1 Å². The molecule has 3 aromatic rings. The van der Waals surface area contributed by atoms with Crippen molar-refractivity contribution in [2.45, 2.75) is 11.8 Å². The highest BCUT2D eigenvalue weighted by Gasteiger charge is 2.31. The fourth-order valence-corrected chi connectivity index (χ4v) is 4.71. The van der Waals surface area contributed by atoms with Gasteiger partial charge in [0.2, 0.25) is 10.0 Å². The summed E-state index contributed by atoms with van der Waals surface area (Å²) in [7, 11) is -4.12. The van der Waals surface area contributed by atoms with E-state index in [0.29, 0.717) is 30.8 Å². The molecule has 2 aromatic heterocycles. The monoisotopic (exact) mass is 420 g/mol. The molecule has 8 nitrogen and oxygen atoms in total. The average molecular weight is 420 g/mol. The molecule has 29 heavy (non-hydrogen) atoms. The SMILES string of the molecule is Cc1nccn1-c1ccc(N2CCN(S(=O)(=O)c3cc(F)ccc3F)CC2)nn1. The Bertz CT molecular complexity index is 1130. The molecule has 0 aliphatic carbocycles. The van der Waals surface area contributed by atoms with Gasteiger partial charge in [0.15, 0.2) is 11.6 Å². The molecule has 0 amide bonds. The Balaban J connectivity index is 1.47. The van der Waals surface area contributed by atoms with Crippen LogP contribution >= 0.6 is 0 Å². The van der Waals surface area contributed by atoms with E-state index in [4.69, 9.17) is 0 Å². The molecule has 0 saturated carbocycles. The highest BCUT2D eigenvalue weighted by molar-refractivity contribution is 7.89. The normalized spacial score (nSPS) is 15.6. The Morgan fingerprint density at radius 2 is 1.66 bits per heavy atom. The number of halogens is 2. The second-order valence-corrected chi connectivity index (χ2v) is 8.47. The van der Waals surface area contributed by atoms with Crippen LogP contribution in [0.5, 0.6) is 0 Å². The summed E-state index contributed by atoms with van der Waals surface area (Å²) in [6, 6.07) is 6.03. The van der Waals surface area contributed by atoms with Crippen molar-refractivity contribution in [3.8, 4) is 5.82 Å². The summed E-state index contributed by atoms with van der Waals surface area (Å²) in [5.74, 6) is 0.264. The Kier molecular flexibility index (Phi) is 5.01. The lowest BCUT2D eigenvalue weighted by Crippen LogP contribution is -2.49. The second-order valence-electron chi connectivity index (χ2n) is 6.56. The maximum atomic E-state index is 13.9. The fraction of sp³-hybridized carbons (Fsp3) is 0.278. The van der Waals surface area contributed by atoms with Gasteiger partial charge in [0.1, 0.15) is 22.4 Å². The van der Waals surface area contributed by atoms with E-state index < -0.39 is 26.6 Å². The standard InChI is InChI=1S/C18H18F2N6O2S/c1-13-21-6-7-26(13)18-5-4-17(22-23-18)24-8-10-25(11-9-24)29(27,28)16-12-14(19)2-3-15(16)20/h2-7,12H,8-11H2,1H3. The Morgan fingerprint density at radius 3 is 2.28 bits per heavy atom. The molecule has 1 aromatic carbocycles. The number of sulfonamides is 1. The van der Waals surface area contributed by atoms with Crippen molar-refractivity contribution in [1.29, 1.82) is 0 Å². The van der Waals surface area contributed by atoms with Gasteiger partial charge in [0, 0.05) is 38.6 Å². The van der Waals surface area contributed by atoms with Crippen LogP contribution in [0.3, 0.4) is 0 Å².